The number of hydrogen-bond donors (Lipinski definition) is 1. The second-order valence-corrected chi connectivity index (χ2v) is 3.53. The van der Waals surface area contributed by atoms with Gasteiger partial charge in [-0.2, -0.15) is 0 Å². The number of nitrogens with zero attached hydrogens (tertiary/aromatic N) is 1. The summed E-state index contributed by atoms with van der Waals surface area (Å²) in [5.74, 6) is -1.47. The van der Waals surface area contributed by atoms with Crippen molar-refractivity contribution in [1.29, 1.82) is 0 Å². The molecule has 0 amide bonds. The third-order valence-electron chi connectivity index (χ3n) is 2.38. The molecule has 0 aliphatic heterocycles. The van der Waals surface area contributed by atoms with Gasteiger partial charge in [0, 0.05) is 12.1 Å². The Kier molecular flexibility index (Phi) is 3.99. The Morgan fingerprint density at radius 2 is 2.00 bits per heavy atom. The van der Waals surface area contributed by atoms with E-state index in [1.165, 1.54) is 24.3 Å². The average Bonchev–Trinajstić information content (AvgIpc) is 2.25. The minimum absolute atomic E-state index is 0.0237. The van der Waals surface area contributed by atoms with E-state index in [1.807, 2.05) is 6.92 Å². The number of non-ortho nitro benzene ring substituents is 1. The molecule has 16 heavy (non-hydrogen) atoms. The van der Waals surface area contributed by atoms with E-state index in [9.17, 15) is 14.9 Å². The Hall–Kier alpha value is -1.91. The highest BCUT2D eigenvalue weighted by atomic mass is 16.6. The molecule has 5 heteroatoms. The van der Waals surface area contributed by atoms with E-state index < -0.39 is 16.8 Å². The van der Waals surface area contributed by atoms with Crippen molar-refractivity contribution in [2.24, 2.45) is 0 Å². The maximum absolute atomic E-state index is 11.0. The van der Waals surface area contributed by atoms with Crippen LogP contribution in [0.2, 0.25) is 0 Å². The fraction of sp³-hybridized carbons (Fsp3) is 0.364. The van der Waals surface area contributed by atoms with E-state index in [0.717, 1.165) is 6.42 Å². The molecule has 0 fully saturated rings. The number of benzene rings is 1. The molecular weight excluding hydrogens is 210 g/mol. The van der Waals surface area contributed by atoms with Crippen LogP contribution in [0.1, 0.15) is 31.2 Å². The van der Waals surface area contributed by atoms with Crippen LogP contribution in [0.3, 0.4) is 0 Å². The van der Waals surface area contributed by atoms with E-state index >= 15 is 0 Å². The van der Waals surface area contributed by atoms with Gasteiger partial charge in [-0.1, -0.05) is 25.5 Å². The molecule has 1 atom stereocenters. The van der Waals surface area contributed by atoms with Gasteiger partial charge in [-0.25, -0.2) is 0 Å². The van der Waals surface area contributed by atoms with E-state index in [1.54, 1.807) is 0 Å². The lowest BCUT2D eigenvalue weighted by molar-refractivity contribution is -0.384. The fourth-order valence-corrected chi connectivity index (χ4v) is 1.55. The molecule has 0 saturated heterocycles. The van der Waals surface area contributed by atoms with Crippen LogP contribution in [0.25, 0.3) is 0 Å². The predicted molar refractivity (Wildman–Crippen MR) is 58.4 cm³/mol. The summed E-state index contributed by atoms with van der Waals surface area (Å²) < 4.78 is 0. The molecule has 1 aromatic rings. The Balaban J connectivity index is 2.94. The molecule has 5 nitrogen and oxygen atoms in total. The van der Waals surface area contributed by atoms with Gasteiger partial charge in [0.15, 0.2) is 0 Å². The fourth-order valence-electron chi connectivity index (χ4n) is 1.55. The van der Waals surface area contributed by atoms with Gasteiger partial charge < -0.3 is 5.11 Å². The van der Waals surface area contributed by atoms with Crippen molar-refractivity contribution >= 4 is 11.7 Å². The molecular formula is C11H13NO4. The highest BCUT2D eigenvalue weighted by molar-refractivity contribution is 5.76. The van der Waals surface area contributed by atoms with Crippen LogP contribution in [0, 0.1) is 10.1 Å². The van der Waals surface area contributed by atoms with E-state index in [4.69, 9.17) is 5.11 Å². The molecule has 0 aliphatic carbocycles. The summed E-state index contributed by atoms with van der Waals surface area (Å²) in [6.07, 6.45) is 1.29. The topological polar surface area (TPSA) is 80.4 Å². The van der Waals surface area contributed by atoms with Crippen LogP contribution in [0.5, 0.6) is 0 Å². The van der Waals surface area contributed by atoms with Gasteiger partial charge in [-0.15, -0.1) is 0 Å². The maximum atomic E-state index is 11.0. The third-order valence-corrected chi connectivity index (χ3v) is 2.38. The smallest absolute Gasteiger partial charge is 0.310 e. The van der Waals surface area contributed by atoms with E-state index in [2.05, 4.69) is 0 Å². The van der Waals surface area contributed by atoms with Gasteiger partial charge >= 0.3 is 5.97 Å². The molecule has 0 heterocycles. The van der Waals surface area contributed by atoms with Gasteiger partial charge in [0.2, 0.25) is 0 Å². The molecule has 0 bridgehead atoms. The first-order valence-electron chi connectivity index (χ1n) is 5.03. The van der Waals surface area contributed by atoms with Crippen LogP contribution < -0.4 is 0 Å². The van der Waals surface area contributed by atoms with Gasteiger partial charge in [0.05, 0.1) is 10.8 Å². The van der Waals surface area contributed by atoms with Crippen molar-refractivity contribution in [1.82, 2.24) is 0 Å². The molecule has 0 spiro atoms. The molecule has 0 aliphatic rings. The number of nitro groups is 1. The molecule has 86 valence electrons. The van der Waals surface area contributed by atoms with Crippen LogP contribution in [0.4, 0.5) is 5.69 Å². The first-order valence-corrected chi connectivity index (χ1v) is 5.03. The molecule has 1 rings (SSSR count). The van der Waals surface area contributed by atoms with E-state index in [0.29, 0.717) is 12.0 Å². The normalized spacial score (nSPS) is 12.1. The minimum Gasteiger partial charge on any atom is -0.481 e. The number of carboxylic acid groups (broad SMARTS) is 1. The first-order chi connectivity index (χ1) is 7.56. The highest BCUT2D eigenvalue weighted by Gasteiger charge is 2.19. The molecule has 0 saturated carbocycles. The largest absolute Gasteiger partial charge is 0.481 e. The summed E-state index contributed by atoms with van der Waals surface area (Å²) in [6.45, 7) is 1.90. The van der Waals surface area contributed by atoms with Crippen molar-refractivity contribution in [2.75, 3.05) is 0 Å². The molecule has 0 aromatic heterocycles. The van der Waals surface area contributed by atoms with Crippen LogP contribution in [-0.4, -0.2) is 16.0 Å². The number of nitro benzene ring substituents is 1. The summed E-state index contributed by atoms with van der Waals surface area (Å²) in [5.41, 5.74) is 0.587. The van der Waals surface area contributed by atoms with Crippen LogP contribution >= 0.6 is 0 Å². The highest BCUT2D eigenvalue weighted by Crippen LogP contribution is 2.23. The van der Waals surface area contributed by atoms with Gasteiger partial charge in [-0.3, -0.25) is 14.9 Å². The summed E-state index contributed by atoms with van der Waals surface area (Å²) in [6, 6.07) is 5.68. The van der Waals surface area contributed by atoms with Gasteiger partial charge in [0.25, 0.3) is 5.69 Å². The van der Waals surface area contributed by atoms with Gasteiger partial charge in [0.1, 0.15) is 0 Å². The Labute approximate surface area is 92.9 Å². The minimum atomic E-state index is -0.893. The second kappa shape index (κ2) is 5.25. The number of hydrogen-bond acceptors (Lipinski definition) is 3. The molecule has 0 radical (unpaired) electrons. The monoisotopic (exact) mass is 223 g/mol. The number of carbonyl (C=O) groups is 1. The maximum Gasteiger partial charge on any atom is 0.310 e. The quantitative estimate of drug-likeness (QED) is 0.614. The van der Waals surface area contributed by atoms with Crippen LogP contribution in [0.15, 0.2) is 24.3 Å². The Bertz CT molecular complexity index is 385. The lowest BCUT2D eigenvalue weighted by Gasteiger charge is -2.10. The van der Waals surface area contributed by atoms with Crippen molar-refractivity contribution in [3.05, 3.63) is 39.9 Å². The summed E-state index contributed by atoms with van der Waals surface area (Å²) >= 11 is 0. The van der Waals surface area contributed by atoms with E-state index in [-0.39, 0.29) is 5.69 Å². The average molecular weight is 223 g/mol. The summed E-state index contributed by atoms with van der Waals surface area (Å²) in [4.78, 5) is 20.9. The number of carboxylic acids is 1. The Morgan fingerprint density at radius 1 is 1.44 bits per heavy atom. The SMILES string of the molecule is CCCC(C(=O)O)c1ccc([N+](=O)[O-])cc1. The number of aliphatic carboxylic acids is 1. The second-order valence-electron chi connectivity index (χ2n) is 3.53. The Morgan fingerprint density at radius 3 is 2.38 bits per heavy atom. The van der Waals surface area contributed by atoms with Crippen molar-refractivity contribution in [3.63, 3.8) is 0 Å². The standard InChI is InChI=1S/C11H13NO4/c1-2-3-10(11(13)14)8-4-6-9(7-5-8)12(15)16/h4-7,10H,2-3H2,1H3,(H,13,14). The predicted octanol–water partition coefficient (Wildman–Crippen LogP) is 2.56. The zero-order valence-corrected chi connectivity index (χ0v) is 8.92. The molecule has 1 aromatic carbocycles. The van der Waals surface area contributed by atoms with Crippen molar-refractivity contribution in [2.45, 2.75) is 25.7 Å². The lowest BCUT2D eigenvalue weighted by Crippen LogP contribution is -2.11. The first kappa shape index (κ1) is 12.2. The van der Waals surface area contributed by atoms with Gasteiger partial charge in [-0.05, 0) is 12.0 Å². The summed E-state index contributed by atoms with van der Waals surface area (Å²) in [7, 11) is 0. The summed E-state index contributed by atoms with van der Waals surface area (Å²) in [5, 5.41) is 19.4. The number of rotatable bonds is 5. The zero-order valence-electron chi connectivity index (χ0n) is 8.92. The third kappa shape index (κ3) is 2.79. The lowest BCUT2D eigenvalue weighted by atomic mass is 9.94. The van der Waals surface area contributed by atoms with Crippen LogP contribution in [-0.2, 0) is 4.79 Å². The zero-order chi connectivity index (χ0) is 12.1. The molecule has 1 unspecified atom stereocenters. The van der Waals surface area contributed by atoms with Crippen molar-refractivity contribution < 1.29 is 14.8 Å². The van der Waals surface area contributed by atoms with Crippen molar-refractivity contribution in [3.8, 4) is 0 Å². The molecule has 1 N–H and O–H groups in total.